The van der Waals surface area contributed by atoms with E-state index in [1.807, 2.05) is 0 Å². The molecule has 7 nitrogen and oxygen atoms in total. The van der Waals surface area contributed by atoms with Crippen LogP contribution in [0.5, 0.6) is 0 Å². The van der Waals surface area contributed by atoms with Gasteiger partial charge < -0.3 is 9.84 Å². The number of amides is 1. The molecular weight excluding hydrogens is 282 g/mol. The maximum atomic E-state index is 12.1. The lowest BCUT2D eigenvalue weighted by Crippen LogP contribution is -2.28. The van der Waals surface area contributed by atoms with Gasteiger partial charge in [-0.3, -0.25) is 9.48 Å². The first kappa shape index (κ1) is 13.1. The summed E-state index contributed by atoms with van der Waals surface area (Å²) >= 11 is 5.93. The van der Waals surface area contributed by atoms with Crippen molar-refractivity contribution >= 4 is 17.5 Å². The molecule has 0 radical (unpaired) electrons. The highest BCUT2D eigenvalue weighted by molar-refractivity contribution is 6.33. The Hall–Kier alpha value is -1.89. The van der Waals surface area contributed by atoms with Gasteiger partial charge in [-0.2, -0.15) is 10.1 Å². The Kier molecular flexibility index (Phi) is 3.21. The van der Waals surface area contributed by atoms with Crippen LogP contribution in [0.3, 0.4) is 0 Å². The third kappa shape index (κ3) is 2.40. The maximum absolute atomic E-state index is 12.1. The first-order valence-corrected chi connectivity index (χ1v) is 6.76. The standard InChI is InChI=1S/C12H14ClN5O2/c1-6(12-16-10(17-20-12)7-3-4-7)15-11(19)9-8(13)5-14-18(9)2/h5-7H,3-4H2,1-2H3,(H,15,19). The normalized spacial score (nSPS) is 16.1. The second-order valence-corrected chi connectivity index (χ2v) is 5.33. The van der Waals surface area contributed by atoms with E-state index in [0.29, 0.717) is 22.5 Å². The lowest BCUT2D eigenvalue weighted by atomic mass is 10.3. The Labute approximate surface area is 120 Å². The van der Waals surface area contributed by atoms with E-state index in [4.69, 9.17) is 16.1 Å². The number of rotatable bonds is 4. The molecule has 1 unspecified atom stereocenters. The largest absolute Gasteiger partial charge is 0.339 e. The Morgan fingerprint density at radius 3 is 2.95 bits per heavy atom. The Bertz CT molecular complexity index is 627. The third-order valence-corrected chi connectivity index (χ3v) is 3.50. The van der Waals surface area contributed by atoms with Crippen LogP contribution in [0.1, 0.15) is 53.9 Å². The number of nitrogens with zero attached hydrogens (tertiary/aromatic N) is 4. The quantitative estimate of drug-likeness (QED) is 0.930. The maximum Gasteiger partial charge on any atom is 0.271 e. The second kappa shape index (κ2) is 4.90. The van der Waals surface area contributed by atoms with Crippen LogP contribution in [-0.2, 0) is 7.05 Å². The summed E-state index contributed by atoms with van der Waals surface area (Å²) in [5.41, 5.74) is 0.306. The average molecular weight is 296 g/mol. The summed E-state index contributed by atoms with van der Waals surface area (Å²) in [5.74, 6) is 1.22. The van der Waals surface area contributed by atoms with Gasteiger partial charge in [0, 0.05) is 13.0 Å². The van der Waals surface area contributed by atoms with Gasteiger partial charge in [0.1, 0.15) is 11.7 Å². The molecule has 20 heavy (non-hydrogen) atoms. The van der Waals surface area contributed by atoms with E-state index in [1.54, 1.807) is 14.0 Å². The van der Waals surface area contributed by atoms with Crippen LogP contribution in [0, 0.1) is 0 Å². The van der Waals surface area contributed by atoms with Crippen LogP contribution in [0.4, 0.5) is 0 Å². The molecule has 8 heteroatoms. The van der Waals surface area contributed by atoms with E-state index >= 15 is 0 Å². The minimum absolute atomic E-state index is 0.306. The number of hydrogen-bond donors (Lipinski definition) is 1. The summed E-state index contributed by atoms with van der Waals surface area (Å²) in [5, 5.41) is 10.9. The zero-order valence-corrected chi connectivity index (χ0v) is 11.9. The monoisotopic (exact) mass is 295 g/mol. The van der Waals surface area contributed by atoms with Gasteiger partial charge in [0.15, 0.2) is 5.82 Å². The molecule has 1 fully saturated rings. The van der Waals surface area contributed by atoms with E-state index in [-0.39, 0.29) is 11.9 Å². The lowest BCUT2D eigenvalue weighted by molar-refractivity contribution is 0.0923. The van der Waals surface area contributed by atoms with Gasteiger partial charge in [-0.15, -0.1) is 0 Å². The molecule has 0 bridgehead atoms. The fourth-order valence-electron chi connectivity index (χ4n) is 1.92. The Morgan fingerprint density at radius 2 is 2.35 bits per heavy atom. The minimum Gasteiger partial charge on any atom is -0.339 e. The summed E-state index contributed by atoms with van der Waals surface area (Å²) in [6.07, 6.45) is 3.63. The number of carbonyl (C=O) groups is 1. The zero-order valence-electron chi connectivity index (χ0n) is 11.1. The van der Waals surface area contributed by atoms with Crippen molar-refractivity contribution in [3.63, 3.8) is 0 Å². The van der Waals surface area contributed by atoms with E-state index in [2.05, 4.69) is 20.6 Å². The van der Waals surface area contributed by atoms with Crippen molar-refractivity contribution in [3.05, 3.63) is 28.6 Å². The molecule has 1 atom stereocenters. The molecule has 1 aliphatic carbocycles. The van der Waals surface area contributed by atoms with Crippen molar-refractivity contribution in [2.45, 2.75) is 31.7 Å². The van der Waals surface area contributed by atoms with Crippen LogP contribution in [-0.4, -0.2) is 25.8 Å². The predicted molar refractivity (Wildman–Crippen MR) is 70.4 cm³/mol. The molecule has 0 spiro atoms. The molecule has 0 aliphatic heterocycles. The topological polar surface area (TPSA) is 85.8 Å². The predicted octanol–water partition coefficient (Wildman–Crippen LogP) is 1.82. The van der Waals surface area contributed by atoms with Gasteiger partial charge in [0.2, 0.25) is 5.89 Å². The molecular formula is C12H14ClN5O2. The van der Waals surface area contributed by atoms with Gasteiger partial charge in [-0.1, -0.05) is 16.8 Å². The van der Waals surface area contributed by atoms with E-state index in [1.165, 1.54) is 10.9 Å². The minimum atomic E-state index is -0.381. The third-order valence-electron chi connectivity index (χ3n) is 3.23. The smallest absolute Gasteiger partial charge is 0.271 e. The van der Waals surface area contributed by atoms with Gasteiger partial charge in [0.25, 0.3) is 5.91 Å². The molecule has 1 amide bonds. The summed E-state index contributed by atoms with van der Waals surface area (Å²) in [6.45, 7) is 1.78. The van der Waals surface area contributed by atoms with Crippen molar-refractivity contribution in [2.75, 3.05) is 0 Å². The van der Waals surface area contributed by atoms with Crippen LogP contribution >= 0.6 is 11.6 Å². The van der Waals surface area contributed by atoms with Crippen LogP contribution in [0.15, 0.2) is 10.7 Å². The van der Waals surface area contributed by atoms with Gasteiger partial charge in [0.05, 0.1) is 11.2 Å². The molecule has 2 aromatic rings. The van der Waals surface area contributed by atoms with Gasteiger partial charge >= 0.3 is 0 Å². The average Bonchev–Trinajstić information content (AvgIpc) is 3.03. The second-order valence-electron chi connectivity index (χ2n) is 4.92. The first-order valence-electron chi connectivity index (χ1n) is 6.38. The lowest BCUT2D eigenvalue weighted by Gasteiger charge is -2.09. The summed E-state index contributed by atoms with van der Waals surface area (Å²) < 4.78 is 6.60. The SMILES string of the molecule is CC(NC(=O)c1c(Cl)cnn1C)c1nc(C2CC2)no1. The molecule has 3 rings (SSSR count). The van der Waals surface area contributed by atoms with Crippen LogP contribution in [0.2, 0.25) is 5.02 Å². The molecule has 1 aliphatic rings. The molecule has 2 heterocycles. The molecule has 0 aromatic carbocycles. The van der Waals surface area contributed by atoms with Gasteiger partial charge in [-0.05, 0) is 19.8 Å². The number of nitrogens with one attached hydrogen (secondary N) is 1. The summed E-state index contributed by atoms with van der Waals surface area (Å²) in [4.78, 5) is 16.4. The fraction of sp³-hybridized carbons (Fsp3) is 0.500. The van der Waals surface area contributed by atoms with Crippen molar-refractivity contribution in [1.29, 1.82) is 0 Å². The molecule has 106 valence electrons. The number of hydrogen-bond acceptors (Lipinski definition) is 5. The molecule has 1 saturated carbocycles. The highest BCUT2D eigenvalue weighted by Crippen LogP contribution is 2.38. The first-order chi connectivity index (χ1) is 9.56. The van der Waals surface area contributed by atoms with Crippen molar-refractivity contribution in [3.8, 4) is 0 Å². The fourth-order valence-corrected chi connectivity index (χ4v) is 2.18. The Balaban J connectivity index is 1.71. The molecule has 1 N–H and O–H groups in total. The van der Waals surface area contributed by atoms with E-state index < -0.39 is 0 Å². The Morgan fingerprint density at radius 1 is 1.60 bits per heavy atom. The van der Waals surface area contributed by atoms with E-state index in [9.17, 15) is 4.79 Å². The highest BCUT2D eigenvalue weighted by Gasteiger charge is 2.30. The summed E-state index contributed by atoms with van der Waals surface area (Å²) in [7, 11) is 1.66. The number of aromatic nitrogens is 4. The number of halogens is 1. The van der Waals surface area contributed by atoms with Crippen LogP contribution in [0.25, 0.3) is 0 Å². The number of carbonyl (C=O) groups excluding carboxylic acids is 1. The number of aryl methyl sites for hydroxylation is 1. The van der Waals surface area contributed by atoms with Crippen molar-refractivity contribution in [1.82, 2.24) is 25.2 Å². The van der Waals surface area contributed by atoms with Crippen LogP contribution < -0.4 is 5.32 Å². The van der Waals surface area contributed by atoms with Crippen molar-refractivity contribution < 1.29 is 9.32 Å². The summed E-state index contributed by atoms with van der Waals surface area (Å²) in [6, 6.07) is -0.381. The zero-order chi connectivity index (χ0) is 14.3. The van der Waals surface area contributed by atoms with Gasteiger partial charge in [-0.25, -0.2) is 0 Å². The molecule has 0 saturated heterocycles. The van der Waals surface area contributed by atoms with E-state index in [0.717, 1.165) is 18.7 Å². The van der Waals surface area contributed by atoms with Crippen molar-refractivity contribution in [2.24, 2.45) is 7.05 Å². The molecule has 2 aromatic heterocycles. The highest BCUT2D eigenvalue weighted by atomic mass is 35.5.